The second-order valence-electron chi connectivity index (χ2n) is 4.74. The number of pyridine rings is 1. The molecule has 4 nitrogen and oxygen atoms in total. The molecule has 5 heteroatoms. The molecule has 0 spiro atoms. The van der Waals surface area contributed by atoms with Gasteiger partial charge in [0, 0.05) is 42.5 Å². The lowest BCUT2D eigenvalue weighted by atomic mass is 10.1. The van der Waals surface area contributed by atoms with Crippen molar-refractivity contribution in [2.45, 2.75) is 30.8 Å². The van der Waals surface area contributed by atoms with Crippen LogP contribution in [0.1, 0.15) is 13.8 Å². The highest BCUT2D eigenvalue weighted by molar-refractivity contribution is 8.00. The highest BCUT2D eigenvalue weighted by Gasteiger charge is 2.24. The Balaban J connectivity index is 1.84. The maximum absolute atomic E-state index is 12.1. The number of rotatable bonds is 3. The number of piperazine rings is 1. The van der Waals surface area contributed by atoms with Gasteiger partial charge in [-0.05, 0) is 26.0 Å². The summed E-state index contributed by atoms with van der Waals surface area (Å²) in [6, 6.07) is 4.62. The number of amides is 1. The Morgan fingerprint density at radius 1 is 1.39 bits per heavy atom. The summed E-state index contributed by atoms with van der Waals surface area (Å²) >= 11 is 1.57. The second kappa shape index (κ2) is 6.20. The molecule has 1 amide bonds. The molecule has 1 fully saturated rings. The molecule has 98 valence electrons. The quantitative estimate of drug-likeness (QED) is 0.839. The van der Waals surface area contributed by atoms with Crippen LogP contribution in [0.25, 0.3) is 0 Å². The molecule has 1 N–H and O–H groups in total. The monoisotopic (exact) mass is 265 g/mol. The van der Waals surface area contributed by atoms with E-state index in [0.717, 1.165) is 18.0 Å². The van der Waals surface area contributed by atoms with Gasteiger partial charge in [-0.2, -0.15) is 0 Å². The van der Waals surface area contributed by atoms with Gasteiger partial charge in [-0.3, -0.25) is 9.78 Å². The minimum atomic E-state index is 0.219. The van der Waals surface area contributed by atoms with E-state index in [1.807, 2.05) is 17.0 Å². The fraction of sp³-hybridized carbons (Fsp3) is 0.538. The van der Waals surface area contributed by atoms with Gasteiger partial charge in [0.05, 0.1) is 5.75 Å². The van der Waals surface area contributed by atoms with Crippen LogP contribution in [0.5, 0.6) is 0 Å². The lowest BCUT2D eigenvalue weighted by molar-refractivity contribution is -0.130. The molecule has 1 aromatic rings. The van der Waals surface area contributed by atoms with Crippen LogP contribution in [0, 0.1) is 0 Å². The summed E-state index contributed by atoms with van der Waals surface area (Å²) in [6.07, 6.45) is 3.50. The zero-order chi connectivity index (χ0) is 13.0. The van der Waals surface area contributed by atoms with E-state index in [9.17, 15) is 4.79 Å². The Labute approximate surface area is 112 Å². The molecule has 1 aliphatic heterocycles. The highest BCUT2D eigenvalue weighted by atomic mass is 32.2. The number of nitrogens with zero attached hydrogens (tertiary/aromatic N) is 2. The van der Waals surface area contributed by atoms with E-state index in [-0.39, 0.29) is 5.91 Å². The predicted molar refractivity (Wildman–Crippen MR) is 73.6 cm³/mol. The van der Waals surface area contributed by atoms with Gasteiger partial charge in [0.15, 0.2) is 0 Å². The van der Waals surface area contributed by atoms with E-state index >= 15 is 0 Å². The summed E-state index contributed by atoms with van der Waals surface area (Å²) in [5.74, 6) is 0.723. The number of aromatic nitrogens is 1. The van der Waals surface area contributed by atoms with Crippen molar-refractivity contribution >= 4 is 17.7 Å². The van der Waals surface area contributed by atoms with Crippen molar-refractivity contribution in [1.29, 1.82) is 0 Å². The first-order valence-corrected chi connectivity index (χ1v) is 7.20. The molecule has 2 rings (SSSR count). The molecule has 1 saturated heterocycles. The van der Waals surface area contributed by atoms with Crippen molar-refractivity contribution < 1.29 is 4.79 Å². The summed E-state index contributed by atoms with van der Waals surface area (Å²) in [5, 5.41) is 3.43. The second-order valence-corrected chi connectivity index (χ2v) is 5.79. The Morgan fingerprint density at radius 2 is 2.00 bits per heavy atom. The molecule has 0 aromatic carbocycles. The summed E-state index contributed by atoms with van der Waals surface area (Å²) < 4.78 is 0. The smallest absolute Gasteiger partial charge is 0.233 e. The Bertz CT molecular complexity index is 388. The molecule has 18 heavy (non-hydrogen) atoms. The van der Waals surface area contributed by atoms with Gasteiger partial charge in [-0.1, -0.05) is 0 Å². The van der Waals surface area contributed by atoms with E-state index in [1.165, 1.54) is 0 Å². The third kappa shape index (κ3) is 3.71. The average Bonchev–Trinajstić information content (AvgIpc) is 2.36. The summed E-state index contributed by atoms with van der Waals surface area (Å²) in [6.45, 7) is 5.85. The van der Waals surface area contributed by atoms with Crippen molar-refractivity contribution in [1.82, 2.24) is 15.2 Å². The lowest BCUT2D eigenvalue weighted by Crippen LogP contribution is -2.56. The zero-order valence-corrected chi connectivity index (χ0v) is 11.6. The molecule has 1 aromatic heterocycles. The first-order chi connectivity index (χ1) is 8.65. The standard InChI is InChI=1S/C13H19N3OS/c1-10-7-16(8-11(2)15-10)13(17)9-18-12-3-5-14-6-4-12/h3-6,10-11,15H,7-9H2,1-2H3. The fourth-order valence-electron chi connectivity index (χ4n) is 2.20. The van der Waals surface area contributed by atoms with E-state index < -0.39 is 0 Å². The first kappa shape index (κ1) is 13.4. The summed E-state index contributed by atoms with van der Waals surface area (Å²) in [5.41, 5.74) is 0. The van der Waals surface area contributed by atoms with Gasteiger partial charge >= 0.3 is 0 Å². The van der Waals surface area contributed by atoms with Gasteiger partial charge in [0.25, 0.3) is 0 Å². The Morgan fingerprint density at radius 3 is 2.61 bits per heavy atom. The van der Waals surface area contributed by atoms with Gasteiger partial charge in [-0.25, -0.2) is 0 Å². The molecule has 0 radical (unpaired) electrons. The van der Waals surface area contributed by atoms with Crippen molar-refractivity contribution in [2.75, 3.05) is 18.8 Å². The van der Waals surface area contributed by atoms with Crippen molar-refractivity contribution in [2.24, 2.45) is 0 Å². The van der Waals surface area contributed by atoms with Crippen LogP contribution in [0.15, 0.2) is 29.4 Å². The van der Waals surface area contributed by atoms with Crippen LogP contribution in [0.4, 0.5) is 0 Å². The van der Waals surface area contributed by atoms with Crippen molar-refractivity contribution in [3.8, 4) is 0 Å². The lowest BCUT2D eigenvalue weighted by Gasteiger charge is -2.36. The summed E-state index contributed by atoms with van der Waals surface area (Å²) in [7, 11) is 0. The van der Waals surface area contributed by atoms with Crippen LogP contribution in [-0.4, -0.2) is 46.7 Å². The Hall–Kier alpha value is -1.07. The Kier molecular flexibility index (Phi) is 4.60. The molecule has 0 bridgehead atoms. The number of thioether (sulfide) groups is 1. The molecule has 1 aliphatic rings. The molecule has 2 atom stereocenters. The van der Waals surface area contributed by atoms with Crippen molar-refractivity contribution in [3.63, 3.8) is 0 Å². The van der Waals surface area contributed by atoms with E-state index in [1.54, 1.807) is 24.2 Å². The van der Waals surface area contributed by atoms with Crippen LogP contribution < -0.4 is 5.32 Å². The van der Waals surface area contributed by atoms with Crippen LogP contribution in [-0.2, 0) is 4.79 Å². The first-order valence-electron chi connectivity index (χ1n) is 6.22. The van der Waals surface area contributed by atoms with Crippen LogP contribution >= 0.6 is 11.8 Å². The van der Waals surface area contributed by atoms with Crippen LogP contribution in [0.3, 0.4) is 0 Å². The van der Waals surface area contributed by atoms with Gasteiger partial charge in [0.2, 0.25) is 5.91 Å². The zero-order valence-electron chi connectivity index (χ0n) is 10.8. The largest absolute Gasteiger partial charge is 0.339 e. The fourth-order valence-corrected chi connectivity index (χ4v) is 2.99. The van der Waals surface area contributed by atoms with Gasteiger partial charge < -0.3 is 10.2 Å². The number of hydrogen-bond donors (Lipinski definition) is 1. The minimum Gasteiger partial charge on any atom is -0.339 e. The molecule has 2 heterocycles. The molecular formula is C13H19N3OS. The average molecular weight is 265 g/mol. The summed E-state index contributed by atoms with van der Waals surface area (Å²) in [4.78, 5) is 19.1. The predicted octanol–water partition coefficient (Wildman–Crippen LogP) is 1.38. The number of carbonyl (C=O) groups excluding carboxylic acids is 1. The number of carbonyl (C=O) groups is 1. The van der Waals surface area contributed by atoms with Crippen LogP contribution in [0.2, 0.25) is 0 Å². The van der Waals surface area contributed by atoms with E-state index in [0.29, 0.717) is 17.8 Å². The van der Waals surface area contributed by atoms with Gasteiger partial charge in [0.1, 0.15) is 0 Å². The third-order valence-corrected chi connectivity index (χ3v) is 3.92. The molecule has 0 saturated carbocycles. The van der Waals surface area contributed by atoms with E-state index in [2.05, 4.69) is 24.1 Å². The SMILES string of the molecule is CC1CN(C(=O)CSc2ccncc2)CC(C)N1. The minimum absolute atomic E-state index is 0.219. The number of hydrogen-bond acceptors (Lipinski definition) is 4. The topological polar surface area (TPSA) is 45.2 Å². The maximum atomic E-state index is 12.1. The van der Waals surface area contributed by atoms with Gasteiger partial charge in [-0.15, -0.1) is 11.8 Å². The maximum Gasteiger partial charge on any atom is 0.233 e. The molecule has 2 unspecified atom stereocenters. The normalized spacial score (nSPS) is 24.0. The number of nitrogens with one attached hydrogen (secondary N) is 1. The molecule has 0 aliphatic carbocycles. The third-order valence-electron chi connectivity index (χ3n) is 2.92. The van der Waals surface area contributed by atoms with Crippen molar-refractivity contribution in [3.05, 3.63) is 24.5 Å². The molecular weight excluding hydrogens is 246 g/mol. The van der Waals surface area contributed by atoms with E-state index in [4.69, 9.17) is 0 Å². The highest BCUT2D eigenvalue weighted by Crippen LogP contribution is 2.17.